The average Bonchev–Trinajstić information content (AvgIpc) is 2.65. The molecule has 2 aromatic rings. The van der Waals surface area contributed by atoms with Crippen molar-refractivity contribution in [2.24, 2.45) is 5.73 Å². The molecule has 1 unspecified atom stereocenters. The SMILES string of the molecule is CC(N)Cc1cnc(-n2cc(Cl)cn2)nc1. The number of nitrogens with zero attached hydrogens (tertiary/aromatic N) is 4. The molecule has 0 bridgehead atoms. The predicted molar refractivity (Wildman–Crippen MR) is 61.5 cm³/mol. The fourth-order valence-corrected chi connectivity index (χ4v) is 1.49. The van der Waals surface area contributed by atoms with Crippen LogP contribution in [0.3, 0.4) is 0 Å². The van der Waals surface area contributed by atoms with Crippen molar-refractivity contribution >= 4 is 11.6 Å². The van der Waals surface area contributed by atoms with Crippen molar-refractivity contribution in [1.29, 1.82) is 0 Å². The van der Waals surface area contributed by atoms with Gasteiger partial charge in [0.2, 0.25) is 5.95 Å². The van der Waals surface area contributed by atoms with Crippen LogP contribution in [0.4, 0.5) is 0 Å². The molecule has 0 fully saturated rings. The molecule has 0 radical (unpaired) electrons. The van der Waals surface area contributed by atoms with Gasteiger partial charge in [0.15, 0.2) is 0 Å². The first-order valence-electron chi connectivity index (χ1n) is 4.92. The van der Waals surface area contributed by atoms with Gasteiger partial charge >= 0.3 is 0 Å². The molecule has 0 aliphatic rings. The van der Waals surface area contributed by atoms with E-state index in [2.05, 4.69) is 15.1 Å². The van der Waals surface area contributed by atoms with E-state index in [-0.39, 0.29) is 6.04 Å². The molecular formula is C10H12ClN5. The predicted octanol–water partition coefficient (Wildman–Crippen LogP) is 1.21. The lowest BCUT2D eigenvalue weighted by Gasteiger charge is -2.04. The molecule has 84 valence electrons. The van der Waals surface area contributed by atoms with Crippen molar-refractivity contribution in [2.45, 2.75) is 19.4 Å². The number of rotatable bonds is 3. The lowest BCUT2D eigenvalue weighted by atomic mass is 10.1. The van der Waals surface area contributed by atoms with Gasteiger partial charge in [0, 0.05) is 18.4 Å². The second-order valence-corrected chi connectivity index (χ2v) is 4.11. The Hall–Kier alpha value is -1.46. The van der Waals surface area contributed by atoms with E-state index in [1.807, 2.05) is 6.92 Å². The highest BCUT2D eigenvalue weighted by Crippen LogP contribution is 2.08. The first-order valence-corrected chi connectivity index (χ1v) is 5.30. The monoisotopic (exact) mass is 237 g/mol. The van der Waals surface area contributed by atoms with E-state index >= 15 is 0 Å². The number of nitrogens with two attached hydrogens (primary N) is 1. The van der Waals surface area contributed by atoms with E-state index in [4.69, 9.17) is 17.3 Å². The van der Waals surface area contributed by atoms with Crippen molar-refractivity contribution in [3.05, 3.63) is 35.4 Å². The van der Waals surface area contributed by atoms with Crippen LogP contribution in [0.1, 0.15) is 12.5 Å². The van der Waals surface area contributed by atoms with Crippen LogP contribution >= 0.6 is 11.6 Å². The Kier molecular flexibility index (Phi) is 3.17. The highest BCUT2D eigenvalue weighted by atomic mass is 35.5. The summed E-state index contributed by atoms with van der Waals surface area (Å²) in [4.78, 5) is 8.38. The summed E-state index contributed by atoms with van der Waals surface area (Å²) in [6.45, 7) is 1.95. The molecule has 0 aliphatic heterocycles. The van der Waals surface area contributed by atoms with Crippen LogP contribution < -0.4 is 5.73 Å². The Morgan fingerprint density at radius 3 is 2.56 bits per heavy atom. The van der Waals surface area contributed by atoms with Crippen LogP contribution in [0.2, 0.25) is 5.02 Å². The second kappa shape index (κ2) is 4.59. The summed E-state index contributed by atoms with van der Waals surface area (Å²) in [5.74, 6) is 0.500. The minimum Gasteiger partial charge on any atom is -0.328 e. The summed E-state index contributed by atoms with van der Waals surface area (Å²) in [6, 6.07) is 0.105. The smallest absolute Gasteiger partial charge is 0.250 e. The number of hydrogen-bond acceptors (Lipinski definition) is 4. The van der Waals surface area contributed by atoms with Gasteiger partial charge in [0.1, 0.15) is 0 Å². The van der Waals surface area contributed by atoms with Gasteiger partial charge in [-0.25, -0.2) is 14.6 Å². The minimum atomic E-state index is 0.105. The Morgan fingerprint density at radius 1 is 1.38 bits per heavy atom. The highest BCUT2D eigenvalue weighted by molar-refractivity contribution is 6.30. The van der Waals surface area contributed by atoms with Crippen LogP contribution in [0, 0.1) is 0 Å². The standard InChI is InChI=1S/C10H12ClN5/c1-7(12)2-8-3-13-10(14-4-8)16-6-9(11)5-15-16/h3-7H,2,12H2,1H3. The first-order chi connectivity index (χ1) is 7.65. The summed E-state index contributed by atoms with van der Waals surface area (Å²) >= 11 is 5.75. The summed E-state index contributed by atoms with van der Waals surface area (Å²) in [6.07, 6.45) is 7.46. The molecule has 0 aliphatic carbocycles. The van der Waals surface area contributed by atoms with Gasteiger partial charge in [-0.15, -0.1) is 0 Å². The lowest BCUT2D eigenvalue weighted by molar-refractivity contribution is 0.725. The Balaban J connectivity index is 2.19. The zero-order valence-electron chi connectivity index (χ0n) is 8.84. The highest BCUT2D eigenvalue weighted by Gasteiger charge is 2.03. The van der Waals surface area contributed by atoms with Gasteiger partial charge in [-0.05, 0) is 18.9 Å². The van der Waals surface area contributed by atoms with E-state index in [0.717, 1.165) is 12.0 Å². The van der Waals surface area contributed by atoms with E-state index in [1.165, 1.54) is 4.68 Å². The van der Waals surface area contributed by atoms with Crippen molar-refractivity contribution in [3.8, 4) is 5.95 Å². The molecule has 0 saturated carbocycles. The van der Waals surface area contributed by atoms with Crippen molar-refractivity contribution < 1.29 is 0 Å². The van der Waals surface area contributed by atoms with E-state index < -0.39 is 0 Å². The summed E-state index contributed by atoms with van der Waals surface area (Å²) < 4.78 is 1.53. The van der Waals surface area contributed by atoms with Crippen LogP contribution in [-0.4, -0.2) is 25.8 Å². The van der Waals surface area contributed by atoms with Crippen LogP contribution in [0.5, 0.6) is 0 Å². The molecule has 1 atom stereocenters. The van der Waals surface area contributed by atoms with E-state index in [1.54, 1.807) is 24.8 Å². The van der Waals surface area contributed by atoms with Crippen molar-refractivity contribution in [1.82, 2.24) is 19.7 Å². The molecule has 2 rings (SSSR count). The summed E-state index contributed by atoms with van der Waals surface area (Å²) in [5.41, 5.74) is 6.70. The largest absolute Gasteiger partial charge is 0.328 e. The maximum Gasteiger partial charge on any atom is 0.250 e. The van der Waals surface area contributed by atoms with E-state index in [9.17, 15) is 0 Å². The Labute approximate surface area is 98.3 Å². The van der Waals surface area contributed by atoms with E-state index in [0.29, 0.717) is 11.0 Å². The number of hydrogen-bond donors (Lipinski definition) is 1. The van der Waals surface area contributed by atoms with Crippen LogP contribution in [-0.2, 0) is 6.42 Å². The number of halogens is 1. The van der Waals surface area contributed by atoms with Gasteiger partial charge in [-0.3, -0.25) is 0 Å². The lowest BCUT2D eigenvalue weighted by Crippen LogP contribution is -2.18. The molecule has 16 heavy (non-hydrogen) atoms. The Bertz CT molecular complexity index is 462. The molecule has 5 nitrogen and oxygen atoms in total. The topological polar surface area (TPSA) is 69.6 Å². The van der Waals surface area contributed by atoms with Crippen LogP contribution in [0.25, 0.3) is 5.95 Å². The molecule has 2 aromatic heterocycles. The Morgan fingerprint density at radius 2 is 2.06 bits per heavy atom. The van der Waals surface area contributed by atoms with Gasteiger partial charge < -0.3 is 5.73 Å². The third-order valence-corrected chi connectivity index (χ3v) is 2.20. The van der Waals surface area contributed by atoms with Gasteiger partial charge in [-0.2, -0.15) is 5.10 Å². The zero-order valence-corrected chi connectivity index (χ0v) is 9.59. The molecule has 2 N–H and O–H groups in total. The van der Waals surface area contributed by atoms with Crippen molar-refractivity contribution in [3.63, 3.8) is 0 Å². The molecule has 0 aromatic carbocycles. The summed E-state index contributed by atoms with van der Waals surface area (Å²) in [5, 5.41) is 4.57. The molecule has 2 heterocycles. The molecule has 0 amide bonds. The third-order valence-electron chi connectivity index (χ3n) is 2.01. The van der Waals surface area contributed by atoms with Gasteiger partial charge in [0.05, 0.1) is 17.4 Å². The normalized spacial score (nSPS) is 12.7. The van der Waals surface area contributed by atoms with Crippen molar-refractivity contribution in [2.75, 3.05) is 0 Å². The second-order valence-electron chi connectivity index (χ2n) is 3.68. The minimum absolute atomic E-state index is 0.105. The molecule has 0 spiro atoms. The zero-order chi connectivity index (χ0) is 11.5. The molecule has 0 saturated heterocycles. The molecule has 6 heteroatoms. The summed E-state index contributed by atoms with van der Waals surface area (Å²) in [7, 11) is 0. The third kappa shape index (κ3) is 2.56. The molecular weight excluding hydrogens is 226 g/mol. The fraction of sp³-hybridized carbons (Fsp3) is 0.300. The fourth-order valence-electron chi connectivity index (χ4n) is 1.35. The maximum absolute atomic E-state index is 5.75. The average molecular weight is 238 g/mol. The first kappa shape index (κ1) is 11.0. The van der Waals surface area contributed by atoms with Gasteiger partial charge in [-0.1, -0.05) is 11.6 Å². The quantitative estimate of drug-likeness (QED) is 0.871. The number of aromatic nitrogens is 4. The van der Waals surface area contributed by atoms with Gasteiger partial charge in [0.25, 0.3) is 0 Å². The maximum atomic E-state index is 5.75. The van der Waals surface area contributed by atoms with Crippen LogP contribution in [0.15, 0.2) is 24.8 Å².